The van der Waals surface area contributed by atoms with Crippen LogP contribution in [-0.4, -0.2) is 35.2 Å². The van der Waals surface area contributed by atoms with E-state index in [0.717, 1.165) is 17.7 Å². The molecule has 1 N–H and O–H groups in total. The second kappa shape index (κ2) is 22.8. The lowest BCUT2D eigenvalue weighted by atomic mass is 9.98. The topological polar surface area (TPSA) is 57.6 Å². The molecular weight excluding hydrogens is 442 g/mol. The maximum atomic E-state index is 11.2. The van der Waals surface area contributed by atoms with Crippen molar-refractivity contribution in [3.8, 4) is 11.8 Å². The van der Waals surface area contributed by atoms with Crippen LogP contribution in [0.4, 0.5) is 0 Å². The van der Waals surface area contributed by atoms with Gasteiger partial charge in [-0.1, -0.05) is 77.5 Å². The first-order valence-electron chi connectivity index (χ1n) is 12.5. The average molecular weight is 494 g/mol. The Morgan fingerprint density at radius 3 is 2.24 bits per heavy atom. The summed E-state index contributed by atoms with van der Waals surface area (Å²) < 4.78 is 0. The van der Waals surface area contributed by atoms with Crippen LogP contribution in [0, 0.1) is 23.2 Å². The number of unbranched alkanes of at least 4 members (excludes halogenated alkanes) is 1. The molecule has 0 bridgehead atoms. The standard InChI is InChI=1S/C14H19NO3S.C9H16.C4H10.C2H6/c1-6-11(15(5)10-16)12(13(17)18)19-9-7-8-14(2,3)4;1-8-4-3-5-9(2)7-6-8;1-3-4-2;1-2/h6,10H,1,9H2,2-5H3,(H,17,18);4,9H,3,5-7H2,1-2H3;3-4H2,1-2H3;1-2H3/b12-11+;;;. The molecule has 0 aromatic heterocycles. The number of carboxylic acids is 1. The molecule has 1 amide bonds. The summed E-state index contributed by atoms with van der Waals surface area (Å²) in [6, 6.07) is 0. The van der Waals surface area contributed by atoms with Crippen molar-refractivity contribution >= 4 is 24.1 Å². The Morgan fingerprint density at radius 2 is 1.82 bits per heavy atom. The van der Waals surface area contributed by atoms with Crippen molar-refractivity contribution in [2.45, 2.75) is 101 Å². The van der Waals surface area contributed by atoms with Crippen molar-refractivity contribution in [1.82, 2.24) is 4.90 Å². The summed E-state index contributed by atoms with van der Waals surface area (Å²) in [6.07, 6.45) is 12.4. The highest BCUT2D eigenvalue weighted by molar-refractivity contribution is 8.04. The summed E-state index contributed by atoms with van der Waals surface area (Å²) in [4.78, 5) is 23.1. The lowest BCUT2D eigenvalue weighted by molar-refractivity contribution is -0.131. The van der Waals surface area contributed by atoms with E-state index in [1.165, 1.54) is 56.5 Å². The number of likely N-dealkylation sites (N-methyl/N-ethyl adjacent to an activating group) is 1. The zero-order valence-electron chi connectivity index (χ0n) is 23.6. The first-order chi connectivity index (χ1) is 15.9. The summed E-state index contributed by atoms with van der Waals surface area (Å²) >= 11 is 1.08. The van der Waals surface area contributed by atoms with Gasteiger partial charge in [-0.15, -0.1) is 11.8 Å². The molecule has 0 fully saturated rings. The van der Waals surface area contributed by atoms with E-state index >= 15 is 0 Å². The number of carbonyl (C=O) groups is 2. The highest BCUT2D eigenvalue weighted by atomic mass is 32.2. The molecule has 0 radical (unpaired) electrons. The van der Waals surface area contributed by atoms with Crippen molar-refractivity contribution in [1.29, 1.82) is 0 Å². The van der Waals surface area contributed by atoms with E-state index in [2.05, 4.69) is 52.2 Å². The second-order valence-corrected chi connectivity index (χ2v) is 10.0. The lowest BCUT2D eigenvalue weighted by Crippen LogP contribution is -2.17. The zero-order chi connectivity index (χ0) is 27.2. The van der Waals surface area contributed by atoms with E-state index < -0.39 is 5.97 Å². The number of aliphatic carboxylic acids is 1. The van der Waals surface area contributed by atoms with Gasteiger partial charge >= 0.3 is 5.97 Å². The van der Waals surface area contributed by atoms with Gasteiger partial charge in [0.25, 0.3) is 0 Å². The monoisotopic (exact) mass is 493 g/mol. The van der Waals surface area contributed by atoms with Crippen LogP contribution in [-0.2, 0) is 9.59 Å². The van der Waals surface area contributed by atoms with Gasteiger partial charge in [-0.2, -0.15) is 0 Å². The molecule has 1 atom stereocenters. The van der Waals surface area contributed by atoms with E-state index in [1.807, 2.05) is 34.6 Å². The van der Waals surface area contributed by atoms with Gasteiger partial charge in [0.05, 0.1) is 11.4 Å². The largest absolute Gasteiger partial charge is 0.477 e. The van der Waals surface area contributed by atoms with Gasteiger partial charge in [0, 0.05) is 12.5 Å². The van der Waals surface area contributed by atoms with E-state index in [0.29, 0.717) is 12.2 Å². The molecule has 1 unspecified atom stereocenters. The molecule has 0 aromatic rings. The molecule has 0 saturated carbocycles. The van der Waals surface area contributed by atoms with E-state index in [-0.39, 0.29) is 16.0 Å². The van der Waals surface area contributed by atoms with E-state index in [9.17, 15) is 9.59 Å². The Kier molecular flexibility index (Phi) is 24.6. The fourth-order valence-electron chi connectivity index (χ4n) is 2.44. The Hall–Kier alpha value is -1.93. The maximum absolute atomic E-state index is 11.2. The molecule has 0 saturated heterocycles. The maximum Gasteiger partial charge on any atom is 0.344 e. The third kappa shape index (κ3) is 21.9. The molecule has 0 heterocycles. The average Bonchev–Trinajstić information content (AvgIpc) is 2.99. The summed E-state index contributed by atoms with van der Waals surface area (Å²) in [7, 11) is 1.48. The summed E-state index contributed by atoms with van der Waals surface area (Å²) in [5.74, 6) is 6.16. The summed E-state index contributed by atoms with van der Waals surface area (Å²) in [5, 5.41) is 9.16. The molecule has 0 aromatic carbocycles. The molecular formula is C29H51NO3S. The quantitative estimate of drug-likeness (QED) is 0.127. The molecule has 196 valence electrons. The predicted molar refractivity (Wildman–Crippen MR) is 152 cm³/mol. The highest BCUT2D eigenvalue weighted by Crippen LogP contribution is 2.23. The highest BCUT2D eigenvalue weighted by Gasteiger charge is 2.15. The van der Waals surface area contributed by atoms with Crippen LogP contribution in [0.1, 0.15) is 101 Å². The number of allylic oxidation sites excluding steroid dienone is 3. The zero-order valence-corrected chi connectivity index (χ0v) is 24.4. The first-order valence-corrected chi connectivity index (χ1v) is 13.5. The van der Waals surface area contributed by atoms with Crippen LogP contribution in [0.3, 0.4) is 0 Å². The Labute approximate surface area is 215 Å². The van der Waals surface area contributed by atoms with Crippen LogP contribution >= 0.6 is 11.8 Å². The van der Waals surface area contributed by atoms with Crippen LogP contribution in [0.25, 0.3) is 0 Å². The first kappa shape index (κ1) is 36.6. The molecule has 1 aliphatic carbocycles. The van der Waals surface area contributed by atoms with Crippen molar-refractivity contribution in [3.05, 3.63) is 34.9 Å². The predicted octanol–water partition coefficient (Wildman–Crippen LogP) is 8.31. The van der Waals surface area contributed by atoms with Gasteiger partial charge in [0.15, 0.2) is 0 Å². The number of nitrogens with zero attached hydrogens (tertiary/aromatic N) is 1. The summed E-state index contributed by atoms with van der Waals surface area (Å²) in [5.41, 5.74) is 1.75. The van der Waals surface area contributed by atoms with Gasteiger partial charge in [0.2, 0.25) is 6.41 Å². The Morgan fingerprint density at radius 1 is 1.26 bits per heavy atom. The van der Waals surface area contributed by atoms with Crippen molar-refractivity contribution in [3.63, 3.8) is 0 Å². The van der Waals surface area contributed by atoms with E-state index in [1.54, 1.807) is 5.57 Å². The minimum atomic E-state index is -1.09. The molecule has 34 heavy (non-hydrogen) atoms. The SMILES string of the molecule is C=C/C(=C(\SCC#CC(C)(C)C)C(=O)O)N(C)C=O.CC.CC1=CCCC(C)CC1.CCCC. The smallest absolute Gasteiger partial charge is 0.344 e. The van der Waals surface area contributed by atoms with Crippen LogP contribution in [0.2, 0.25) is 0 Å². The Bertz CT molecular complexity index is 688. The van der Waals surface area contributed by atoms with Crippen molar-refractivity contribution in [2.24, 2.45) is 11.3 Å². The number of rotatable bonds is 7. The molecule has 4 nitrogen and oxygen atoms in total. The minimum Gasteiger partial charge on any atom is -0.477 e. The number of hydrogen-bond donors (Lipinski definition) is 1. The van der Waals surface area contributed by atoms with Gasteiger partial charge < -0.3 is 10.0 Å². The fourth-order valence-corrected chi connectivity index (χ4v) is 3.23. The second-order valence-electron chi connectivity index (χ2n) is 9.05. The normalized spacial score (nSPS) is 15.4. The van der Waals surface area contributed by atoms with Crippen molar-refractivity contribution in [2.75, 3.05) is 12.8 Å². The summed E-state index contributed by atoms with van der Waals surface area (Å²) in [6.45, 7) is 22.4. The lowest BCUT2D eigenvalue weighted by Gasteiger charge is -2.14. The Balaban J connectivity index is -0.000000524. The van der Waals surface area contributed by atoms with Gasteiger partial charge in [0.1, 0.15) is 4.91 Å². The van der Waals surface area contributed by atoms with Crippen LogP contribution in [0.15, 0.2) is 34.9 Å². The van der Waals surface area contributed by atoms with Crippen molar-refractivity contribution < 1.29 is 14.7 Å². The third-order valence-corrected chi connectivity index (χ3v) is 5.56. The van der Waals surface area contributed by atoms with Crippen LogP contribution < -0.4 is 0 Å². The van der Waals surface area contributed by atoms with Gasteiger partial charge in [-0.05, 0) is 65.4 Å². The minimum absolute atomic E-state index is 0.0628. The van der Waals surface area contributed by atoms with Gasteiger partial charge in [-0.3, -0.25) is 4.79 Å². The molecule has 5 heteroatoms. The molecule has 0 aliphatic heterocycles. The number of hydrogen-bond acceptors (Lipinski definition) is 3. The number of carboxylic acid groups (broad SMARTS) is 1. The molecule has 1 rings (SSSR count). The third-order valence-electron chi connectivity index (χ3n) is 4.59. The fraction of sp³-hybridized carbons (Fsp3) is 0.655. The van der Waals surface area contributed by atoms with Crippen LogP contribution in [0.5, 0.6) is 0 Å². The van der Waals surface area contributed by atoms with Gasteiger partial charge in [-0.25, -0.2) is 4.79 Å². The number of thioether (sulfide) groups is 1. The molecule has 0 spiro atoms. The number of amides is 1. The molecule has 1 aliphatic rings. The van der Waals surface area contributed by atoms with E-state index in [4.69, 9.17) is 5.11 Å². The number of carbonyl (C=O) groups excluding carboxylic acids is 1.